The van der Waals surface area contributed by atoms with Gasteiger partial charge in [0.15, 0.2) is 5.69 Å². The third-order valence-corrected chi connectivity index (χ3v) is 6.55. The quantitative estimate of drug-likeness (QED) is 0.238. The summed E-state index contributed by atoms with van der Waals surface area (Å²) in [6.07, 6.45) is 17.9. The second-order valence-corrected chi connectivity index (χ2v) is 14.4. The number of imidazole rings is 1. The van der Waals surface area contributed by atoms with Crippen molar-refractivity contribution in [1.29, 1.82) is 5.26 Å². The van der Waals surface area contributed by atoms with Crippen LogP contribution in [0.3, 0.4) is 0 Å². The highest BCUT2D eigenvalue weighted by molar-refractivity contribution is 6.76. The molecule has 0 saturated heterocycles. The second kappa shape index (κ2) is 12.3. The Balaban J connectivity index is 1.78. The minimum absolute atomic E-state index is 0.202. The number of rotatable bonds is 11. The van der Waals surface area contributed by atoms with Gasteiger partial charge in [-0.2, -0.15) is 5.26 Å². The van der Waals surface area contributed by atoms with Crippen molar-refractivity contribution in [1.82, 2.24) is 14.9 Å². The molecule has 0 bridgehead atoms. The van der Waals surface area contributed by atoms with E-state index in [1.807, 2.05) is 24.3 Å². The lowest BCUT2D eigenvalue weighted by molar-refractivity contribution is 0.0785. The van der Waals surface area contributed by atoms with E-state index in [9.17, 15) is 4.79 Å². The van der Waals surface area contributed by atoms with Gasteiger partial charge in [-0.1, -0.05) is 55.6 Å². The van der Waals surface area contributed by atoms with E-state index in [1.54, 1.807) is 10.8 Å². The van der Waals surface area contributed by atoms with Crippen LogP contribution >= 0.6 is 0 Å². The van der Waals surface area contributed by atoms with Gasteiger partial charge < -0.3 is 14.6 Å². The average Bonchev–Trinajstić information content (AvgIpc) is 3.14. The summed E-state index contributed by atoms with van der Waals surface area (Å²) in [5, 5.41) is 11.9. The molecule has 6 nitrogen and oxygen atoms in total. The van der Waals surface area contributed by atoms with Crippen LogP contribution in [0.1, 0.15) is 48.4 Å². The Morgan fingerprint density at radius 3 is 2.83 bits per heavy atom. The minimum atomic E-state index is -1.17. The molecule has 7 heteroatoms. The molecule has 0 aliphatic heterocycles. The number of ether oxygens (including phenoxy) is 1. The number of allylic oxidation sites excluding steroid dienone is 5. The predicted octanol–water partition coefficient (Wildman–Crippen LogP) is 4.80. The Kier molecular flexibility index (Phi) is 9.78. The molecule has 0 aromatic carbocycles. The highest BCUT2D eigenvalue weighted by Gasteiger charge is 2.16. The van der Waals surface area contributed by atoms with E-state index >= 15 is 0 Å². The van der Waals surface area contributed by atoms with E-state index in [2.05, 4.69) is 42.1 Å². The number of hydrogen-bond donors (Lipinski definition) is 1. The fraction of sp³-hybridized carbons (Fsp3) is 0.522. The Morgan fingerprint density at radius 1 is 1.33 bits per heavy atom. The topological polar surface area (TPSA) is 79.9 Å². The van der Waals surface area contributed by atoms with Crippen molar-refractivity contribution in [2.24, 2.45) is 0 Å². The van der Waals surface area contributed by atoms with Crippen molar-refractivity contribution in [2.75, 3.05) is 13.2 Å². The summed E-state index contributed by atoms with van der Waals surface area (Å²) in [5.74, 6) is -0.112. The van der Waals surface area contributed by atoms with Crippen LogP contribution in [0, 0.1) is 11.3 Å². The summed E-state index contributed by atoms with van der Waals surface area (Å²) in [6.45, 7) is 8.12. The number of nitrogens with one attached hydrogen (secondary N) is 1. The van der Waals surface area contributed by atoms with E-state index in [4.69, 9.17) is 10.00 Å². The summed E-state index contributed by atoms with van der Waals surface area (Å²) in [5.41, 5.74) is 1.73. The molecule has 162 valence electrons. The first-order valence-electron chi connectivity index (χ1n) is 10.7. The van der Waals surface area contributed by atoms with Crippen molar-refractivity contribution in [2.45, 2.75) is 64.5 Å². The largest absolute Gasteiger partial charge is 0.361 e. The van der Waals surface area contributed by atoms with Crippen molar-refractivity contribution in [3.05, 3.63) is 53.7 Å². The van der Waals surface area contributed by atoms with Crippen molar-refractivity contribution >= 4 is 14.0 Å². The lowest BCUT2D eigenvalue weighted by Gasteiger charge is -2.15. The predicted molar refractivity (Wildman–Crippen MR) is 123 cm³/mol. The molecule has 2 rings (SSSR count). The van der Waals surface area contributed by atoms with Gasteiger partial charge in [0.2, 0.25) is 5.82 Å². The van der Waals surface area contributed by atoms with Crippen LogP contribution in [-0.2, 0) is 11.5 Å². The number of nitriles is 1. The van der Waals surface area contributed by atoms with Crippen LogP contribution in [0.2, 0.25) is 25.7 Å². The second-order valence-electron chi connectivity index (χ2n) is 8.76. The zero-order chi connectivity index (χ0) is 21.8. The first-order valence-corrected chi connectivity index (χ1v) is 14.4. The molecule has 1 N–H and O–H groups in total. The van der Waals surface area contributed by atoms with Crippen LogP contribution in [-0.4, -0.2) is 36.7 Å². The van der Waals surface area contributed by atoms with Gasteiger partial charge in [-0.05, 0) is 38.1 Å². The molecule has 1 amide bonds. The third-order valence-electron chi connectivity index (χ3n) is 4.85. The highest BCUT2D eigenvalue weighted by atomic mass is 28.3. The molecule has 1 aliphatic carbocycles. The van der Waals surface area contributed by atoms with E-state index in [0.717, 1.165) is 12.5 Å². The van der Waals surface area contributed by atoms with Gasteiger partial charge in [0.1, 0.15) is 12.8 Å². The minimum Gasteiger partial charge on any atom is -0.361 e. The van der Waals surface area contributed by atoms with Crippen molar-refractivity contribution in [3.8, 4) is 6.07 Å². The molecular formula is C23H34N4O2Si. The average molecular weight is 427 g/mol. The summed E-state index contributed by atoms with van der Waals surface area (Å²) in [7, 11) is -1.17. The van der Waals surface area contributed by atoms with Crippen molar-refractivity contribution in [3.63, 3.8) is 0 Å². The molecular weight excluding hydrogens is 392 g/mol. The van der Waals surface area contributed by atoms with Crippen LogP contribution in [0.15, 0.2) is 42.2 Å². The van der Waals surface area contributed by atoms with E-state index < -0.39 is 8.07 Å². The van der Waals surface area contributed by atoms with Gasteiger partial charge in [0.25, 0.3) is 5.91 Å². The number of aromatic nitrogens is 2. The molecule has 1 aromatic rings. The molecule has 30 heavy (non-hydrogen) atoms. The van der Waals surface area contributed by atoms with Gasteiger partial charge >= 0.3 is 0 Å². The lowest BCUT2D eigenvalue weighted by Crippen LogP contribution is -2.27. The molecule has 0 radical (unpaired) electrons. The van der Waals surface area contributed by atoms with Gasteiger partial charge in [-0.15, -0.1) is 0 Å². The third kappa shape index (κ3) is 8.93. The molecule has 0 fully saturated rings. The maximum atomic E-state index is 12.5. The zero-order valence-electron chi connectivity index (χ0n) is 18.5. The summed E-state index contributed by atoms with van der Waals surface area (Å²) >= 11 is 0. The fourth-order valence-corrected chi connectivity index (χ4v) is 3.81. The first kappa shape index (κ1) is 23.8. The molecule has 0 spiro atoms. The lowest BCUT2D eigenvalue weighted by atomic mass is 9.97. The number of nitrogens with zero attached hydrogens (tertiary/aromatic N) is 3. The van der Waals surface area contributed by atoms with Crippen LogP contribution in [0.5, 0.6) is 0 Å². The number of hydrogen-bond acceptors (Lipinski definition) is 4. The number of amides is 1. The van der Waals surface area contributed by atoms with E-state index in [-0.39, 0.29) is 24.2 Å². The summed E-state index contributed by atoms with van der Waals surface area (Å²) in [6, 6.07) is 3.03. The van der Waals surface area contributed by atoms with Crippen LogP contribution in [0.4, 0.5) is 0 Å². The monoisotopic (exact) mass is 426 g/mol. The Labute approximate surface area is 181 Å². The summed E-state index contributed by atoms with van der Waals surface area (Å²) in [4.78, 5) is 16.6. The SMILES string of the molecule is C[Si](C)(C)CCOCn1cc(C#N)nc1C(=O)NC/C=C\C=C/CC1=CCCCC1. The normalized spacial score (nSPS) is 14.8. The van der Waals surface area contributed by atoms with Gasteiger partial charge in [-0.25, -0.2) is 4.98 Å². The Bertz CT molecular complexity index is 825. The van der Waals surface area contributed by atoms with Crippen LogP contribution < -0.4 is 5.32 Å². The van der Waals surface area contributed by atoms with Crippen molar-refractivity contribution < 1.29 is 9.53 Å². The van der Waals surface area contributed by atoms with E-state index in [1.165, 1.54) is 31.3 Å². The molecule has 0 saturated carbocycles. The standard InChI is InChI=1S/C23H34N4O2Si/c1-30(2,3)16-15-29-19-27-18-21(17-24)26-22(27)23(28)25-14-10-5-4-7-11-20-12-8-6-9-13-20/h4-5,7,10,12,18H,6,8-9,11,13-16,19H2,1-3H3,(H,25,28)/b7-4-,10-5-. The number of carbonyl (C=O) groups is 1. The molecule has 0 unspecified atom stereocenters. The van der Waals surface area contributed by atoms with E-state index in [0.29, 0.717) is 13.2 Å². The van der Waals surface area contributed by atoms with Gasteiger partial charge in [0, 0.05) is 27.4 Å². The zero-order valence-corrected chi connectivity index (χ0v) is 19.5. The summed E-state index contributed by atoms with van der Waals surface area (Å²) < 4.78 is 7.30. The highest BCUT2D eigenvalue weighted by Crippen LogP contribution is 2.20. The first-order chi connectivity index (χ1) is 14.4. The molecule has 0 atom stereocenters. The molecule has 1 aliphatic rings. The fourth-order valence-electron chi connectivity index (χ4n) is 3.06. The Hall–Kier alpha value is -2.43. The smallest absolute Gasteiger partial charge is 0.287 e. The Morgan fingerprint density at radius 2 is 2.13 bits per heavy atom. The number of carbonyl (C=O) groups excluding carboxylic acids is 1. The molecule has 1 aromatic heterocycles. The maximum Gasteiger partial charge on any atom is 0.287 e. The van der Waals surface area contributed by atoms with Gasteiger partial charge in [0.05, 0.1) is 0 Å². The maximum absolute atomic E-state index is 12.5. The van der Waals surface area contributed by atoms with Gasteiger partial charge in [-0.3, -0.25) is 4.79 Å². The van der Waals surface area contributed by atoms with Crippen LogP contribution in [0.25, 0.3) is 0 Å². The molecule has 1 heterocycles.